The molecule has 0 spiro atoms. The van der Waals surface area contributed by atoms with Crippen LogP contribution in [-0.2, 0) is 6.42 Å². The Morgan fingerprint density at radius 2 is 2.16 bits per heavy atom. The smallest absolute Gasteiger partial charge is 0.117 e. The molecule has 1 aliphatic heterocycles. The van der Waals surface area contributed by atoms with Gasteiger partial charge in [-0.15, -0.1) is 0 Å². The highest BCUT2D eigenvalue weighted by Gasteiger charge is 2.14. The summed E-state index contributed by atoms with van der Waals surface area (Å²) in [7, 11) is 0. The van der Waals surface area contributed by atoms with E-state index >= 15 is 0 Å². The summed E-state index contributed by atoms with van der Waals surface area (Å²) in [4.78, 5) is 0. The Morgan fingerprint density at radius 3 is 2.95 bits per heavy atom. The fraction of sp³-hybridized carbons (Fsp3) is 0.400. The van der Waals surface area contributed by atoms with Gasteiger partial charge in [0.05, 0.1) is 11.9 Å². The number of hydrogen-bond acceptors (Lipinski definition) is 3. The minimum atomic E-state index is 0.271. The third-order valence-electron chi connectivity index (χ3n) is 3.71. The van der Waals surface area contributed by atoms with E-state index in [4.69, 9.17) is 0 Å². The highest BCUT2D eigenvalue weighted by atomic mass is 16.3. The Kier molecular flexibility index (Phi) is 3.51. The second-order valence-electron chi connectivity index (χ2n) is 5.21. The van der Waals surface area contributed by atoms with Crippen molar-refractivity contribution < 1.29 is 5.11 Å². The van der Waals surface area contributed by atoms with Gasteiger partial charge in [0, 0.05) is 12.3 Å². The van der Waals surface area contributed by atoms with Crippen molar-refractivity contribution >= 4 is 0 Å². The number of hydrogen-bond donors (Lipinski definition) is 2. The molecule has 19 heavy (non-hydrogen) atoms. The van der Waals surface area contributed by atoms with Gasteiger partial charge in [-0.3, -0.25) is 0 Å². The van der Waals surface area contributed by atoms with E-state index < -0.39 is 0 Å². The minimum Gasteiger partial charge on any atom is -0.508 e. The molecule has 2 heterocycles. The Labute approximate surface area is 113 Å². The van der Waals surface area contributed by atoms with E-state index in [1.165, 1.54) is 18.4 Å². The van der Waals surface area contributed by atoms with Gasteiger partial charge in [-0.1, -0.05) is 6.07 Å². The largest absolute Gasteiger partial charge is 0.508 e. The van der Waals surface area contributed by atoms with Gasteiger partial charge in [0.2, 0.25) is 0 Å². The molecular weight excluding hydrogens is 238 g/mol. The monoisotopic (exact) mass is 257 g/mol. The van der Waals surface area contributed by atoms with Gasteiger partial charge in [-0.05, 0) is 56.0 Å². The van der Waals surface area contributed by atoms with Crippen molar-refractivity contribution in [1.82, 2.24) is 15.1 Å². The van der Waals surface area contributed by atoms with Crippen LogP contribution in [0.2, 0.25) is 0 Å². The Bertz CT molecular complexity index is 544. The number of nitrogens with zero attached hydrogens (tertiary/aromatic N) is 2. The van der Waals surface area contributed by atoms with Crippen LogP contribution in [0.5, 0.6) is 5.75 Å². The lowest BCUT2D eigenvalue weighted by atomic mass is 9.92. The number of benzene rings is 1. The van der Waals surface area contributed by atoms with E-state index in [0.29, 0.717) is 0 Å². The first kappa shape index (κ1) is 12.2. The number of piperidine rings is 1. The minimum absolute atomic E-state index is 0.271. The van der Waals surface area contributed by atoms with Gasteiger partial charge in [0.25, 0.3) is 0 Å². The SMILES string of the molecule is Oc1cccc(-n2cc(CC3CCNCC3)cn2)c1. The first-order chi connectivity index (χ1) is 9.31. The molecule has 3 rings (SSSR count). The van der Waals surface area contributed by atoms with E-state index in [9.17, 15) is 5.11 Å². The zero-order valence-electron chi connectivity index (χ0n) is 10.9. The third kappa shape index (κ3) is 2.96. The Hall–Kier alpha value is -1.81. The maximum atomic E-state index is 9.49. The van der Waals surface area contributed by atoms with Crippen molar-refractivity contribution in [3.05, 3.63) is 42.2 Å². The van der Waals surface area contributed by atoms with Gasteiger partial charge in [0.1, 0.15) is 5.75 Å². The van der Waals surface area contributed by atoms with Crippen molar-refractivity contribution in [3.8, 4) is 11.4 Å². The zero-order valence-corrected chi connectivity index (χ0v) is 10.9. The molecule has 2 N–H and O–H groups in total. The lowest BCUT2D eigenvalue weighted by Gasteiger charge is -2.21. The Balaban J connectivity index is 1.72. The van der Waals surface area contributed by atoms with Crippen molar-refractivity contribution in [3.63, 3.8) is 0 Å². The zero-order chi connectivity index (χ0) is 13.1. The maximum Gasteiger partial charge on any atom is 0.117 e. The predicted octanol–water partition coefficient (Wildman–Crippen LogP) is 2.12. The molecule has 2 aromatic rings. The molecule has 0 bridgehead atoms. The molecule has 1 aromatic carbocycles. The van der Waals surface area contributed by atoms with Crippen molar-refractivity contribution in [1.29, 1.82) is 0 Å². The number of aromatic nitrogens is 2. The van der Waals surface area contributed by atoms with Crippen LogP contribution in [0.4, 0.5) is 0 Å². The number of phenols is 1. The molecule has 4 heteroatoms. The number of rotatable bonds is 3. The second-order valence-corrected chi connectivity index (χ2v) is 5.21. The fourth-order valence-electron chi connectivity index (χ4n) is 2.66. The number of nitrogens with one attached hydrogen (secondary N) is 1. The molecule has 0 aliphatic carbocycles. The molecule has 100 valence electrons. The first-order valence-electron chi connectivity index (χ1n) is 6.85. The molecule has 1 saturated heterocycles. The molecule has 4 nitrogen and oxygen atoms in total. The second kappa shape index (κ2) is 5.45. The maximum absolute atomic E-state index is 9.49. The summed E-state index contributed by atoms with van der Waals surface area (Å²) in [5.41, 5.74) is 2.17. The molecule has 0 saturated carbocycles. The van der Waals surface area contributed by atoms with Crippen molar-refractivity contribution in [2.45, 2.75) is 19.3 Å². The summed E-state index contributed by atoms with van der Waals surface area (Å²) in [5.74, 6) is 1.04. The van der Waals surface area contributed by atoms with Crippen molar-refractivity contribution in [2.75, 3.05) is 13.1 Å². The molecule has 1 fully saturated rings. The standard InChI is InChI=1S/C15H19N3O/c19-15-3-1-2-14(9-15)18-11-13(10-17-18)8-12-4-6-16-7-5-12/h1-3,9-12,16,19H,4-8H2. The van der Waals surface area contributed by atoms with E-state index in [0.717, 1.165) is 31.1 Å². The molecular formula is C15H19N3O. The van der Waals surface area contributed by atoms with Gasteiger partial charge in [-0.25, -0.2) is 4.68 Å². The predicted molar refractivity (Wildman–Crippen MR) is 74.5 cm³/mol. The summed E-state index contributed by atoms with van der Waals surface area (Å²) in [6.07, 6.45) is 7.60. The van der Waals surface area contributed by atoms with E-state index in [1.54, 1.807) is 12.1 Å². The van der Waals surface area contributed by atoms with E-state index in [1.807, 2.05) is 23.0 Å². The topological polar surface area (TPSA) is 50.1 Å². The molecule has 1 aromatic heterocycles. The average Bonchev–Trinajstić information content (AvgIpc) is 2.88. The van der Waals surface area contributed by atoms with Gasteiger partial charge < -0.3 is 10.4 Å². The quantitative estimate of drug-likeness (QED) is 0.885. The van der Waals surface area contributed by atoms with Crippen LogP contribution < -0.4 is 5.32 Å². The van der Waals surface area contributed by atoms with E-state index in [2.05, 4.69) is 16.6 Å². The summed E-state index contributed by atoms with van der Waals surface area (Å²) < 4.78 is 1.83. The van der Waals surface area contributed by atoms with Gasteiger partial charge >= 0.3 is 0 Å². The normalized spacial score (nSPS) is 16.6. The highest BCUT2D eigenvalue weighted by Crippen LogP contribution is 2.19. The van der Waals surface area contributed by atoms with Crippen LogP contribution in [0.25, 0.3) is 5.69 Å². The molecule has 0 atom stereocenters. The summed E-state index contributed by atoms with van der Waals surface area (Å²) in [6.45, 7) is 2.26. The van der Waals surface area contributed by atoms with Crippen LogP contribution in [0.1, 0.15) is 18.4 Å². The van der Waals surface area contributed by atoms with Crippen molar-refractivity contribution in [2.24, 2.45) is 5.92 Å². The lowest BCUT2D eigenvalue weighted by molar-refractivity contribution is 0.372. The average molecular weight is 257 g/mol. The third-order valence-corrected chi connectivity index (χ3v) is 3.71. The van der Waals surface area contributed by atoms with E-state index in [-0.39, 0.29) is 5.75 Å². The van der Waals surface area contributed by atoms with Crippen LogP contribution in [0.3, 0.4) is 0 Å². The molecule has 0 radical (unpaired) electrons. The number of aromatic hydroxyl groups is 1. The summed E-state index contributed by atoms with van der Waals surface area (Å²) in [5, 5.41) is 17.3. The Morgan fingerprint density at radius 1 is 1.32 bits per heavy atom. The van der Waals surface area contributed by atoms with Gasteiger partial charge in [-0.2, -0.15) is 5.10 Å². The fourth-order valence-corrected chi connectivity index (χ4v) is 2.66. The first-order valence-corrected chi connectivity index (χ1v) is 6.85. The van der Waals surface area contributed by atoms with Gasteiger partial charge in [0.15, 0.2) is 0 Å². The number of phenolic OH excluding ortho intramolecular Hbond substituents is 1. The highest BCUT2D eigenvalue weighted by molar-refractivity contribution is 5.38. The van der Waals surface area contributed by atoms with Crippen LogP contribution in [0.15, 0.2) is 36.7 Å². The summed E-state index contributed by atoms with van der Waals surface area (Å²) in [6, 6.07) is 7.17. The molecule has 1 aliphatic rings. The summed E-state index contributed by atoms with van der Waals surface area (Å²) >= 11 is 0. The van der Waals surface area contributed by atoms with Crippen LogP contribution in [0, 0.1) is 5.92 Å². The van der Waals surface area contributed by atoms with Crippen LogP contribution in [-0.4, -0.2) is 28.0 Å². The van der Waals surface area contributed by atoms with Crippen LogP contribution >= 0.6 is 0 Å². The lowest BCUT2D eigenvalue weighted by Crippen LogP contribution is -2.28. The molecule has 0 unspecified atom stereocenters. The molecule has 0 amide bonds.